The van der Waals surface area contributed by atoms with Crippen molar-refractivity contribution in [3.05, 3.63) is 40.8 Å². The maximum absolute atomic E-state index is 13.1. The minimum atomic E-state index is -0.182. The highest BCUT2D eigenvalue weighted by Crippen LogP contribution is 2.27. The second kappa shape index (κ2) is 7.37. The zero-order valence-electron chi connectivity index (χ0n) is 16.0. The zero-order chi connectivity index (χ0) is 19.8. The number of nitrogens with one attached hydrogen (secondary N) is 3. The average molecular weight is 400 g/mol. The predicted octanol–water partition coefficient (Wildman–Crippen LogP) is 2.88. The van der Waals surface area contributed by atoms with Crippen molar-refractivity contribution < 1.29 is 4.79 Å². The predicted molar refractivity (Wildman–Crippen MR) is 109 cm³/mol. The van der Waals surface area contributed by atoms with Crippen molar-refractivity contribution in [1.82, 2.24) is 30.4 Å². The molecule has 3 heterocycles. The highest BCUT2D eigenvalue weighted by Gasteiger charge is 2.28. The smallest absolute Gasteiger partial charge is 0.291 e. The number of hydrogen-bond donors (Lipinski definition) is 3. The number of rotatable bonds is 3. The lowest BCUT2D eigenvalue weighted by molar-refractivity contribution is 0.0662. The molecule has 1 fully saturated rings. The van der Waals surface area contributed by atoms with Gasteiger partial charge in [-0.15, -0.1) is 0 Å². The first-order valence-electron chi connectivity index (χ1n) is 9.20. The molecule has 2 aromatic heterocycles. The van der Waals surface area contributed by atoms with Crippen LogP contribution in [0.5, 0.6) is 0 Å². The van der Waals surface area contributed by atoms with Gasteiger partial charge in [-0.25, -0.2) is 9.97 Å². The molecule has 28 heavy (non-hydrogen) atoms. The van der Waals surface area contributed by atoms with Gasteiger partial charge in [-0.3, -0.25) is 9.89 Å². The van der Waals surface area contributed by atoms with E-state index in [0.29, 0.717) is 35.3 Å². The summed E-state index contributed by atoms with van der Waals surface area (Å²) in [5, 5.41) is 15.0. The normalized spacial score (nSPS) is 19.8. The Morgan fingerprint density at radius 2 is 1.96 bits per heavy atom. The summed E-state index contributed by atoms with van der Waals surface area (Å²) >= 11 is 6.17. The van der Waals surface area contributed by atoms with Crippen LogP contribution < -0.4 is 10.6 Å². The van der Waals surface area contributed by atoms with E-state index in [1.807, 2.05) is 13.0 Å². The van der Waals surface area contributed by atoms with Crippen molar-refractivity contribution in [3.8, 4) is 0 Å². The summed E-state index contributed by atoms with van der Waals surface area (Å²) in [6.45, 7) is 7.27. The number of H-pyrrole nitrogens is 1. The Morgan fingerprint density at radius 1 is 1.21 bits per heavy atom. The van der Waals surface area contributed by atoms with Gasteiger partial charge < -0.3 is 15.5 Å². The number of amides is 1. The Morgan fingerprint density at radius 3 is 2.64 bits per heavy atom. The summed E-state index contributed by atoms with van der Waals surface area (Å²) in [5.74, 6) is 1.09. The van der Waals surface area contributed by atoms with Gasteiger partial charge in [0.05, 0.1) is 5.52 Å². The number of halogens is 1. The molecular formula is C19H22ClN7O. The van der Waals surface area contributed by atoms with E-state index in [-0.39, 0.29) is 23.8 Å². The lowest BCUT2D eigenvalue weighted by Gasteiger charge is -2.35. The molecule has 4 rings (SSSR count). The number of aromatic nitrogens is 4. The van der Waals surface area contributed by atoms with Gasteiger partial charge in [0, 0.05) is 47.3 Å². The Bertz CT molecular complexity index is 1020. The summed E-state index contributed by atoms with van der Waals surface area (Å²) < 4.78 is 0. The van der Waals surface area contributed by atoms with E-state index < -0.39 is 0 Å². The van der Waals surface area contributed by atoms with Gasteiger partial charge in [-0.2, -0.15) is 5.10 Å². The molecule has 2 atom stereocenters. The Balaban J connectivity index is 1.74. The SMILES string of the molecule is Cc1cc(Nc2nc(C(=O)N3CC(C)NC(C)C3)nc3ccc(Cl)cc23)n[nH]1. The Kier molecular flexibility index (Phi) is 4.91. The standard InChI is InChI=1S/C19H22ClN7O/c1-10-6-16(26-25-10)23-17-14-7-13(20)4-5-15(14)22-18(24-17)19(28)27-8-11(2)21-12(3)9-27/h4-7,11-12,21H,8-9H2,1-3H3,(H2,22,23,24,25,26). The van der Waals surface area contributed by atoms with Crippen LogP contribution in [0.2, 0.25) is 5.02 Å². The van der Waals surface area contributed by atoms with Crippen LogP contribution in [0.25, 0.3) is 10.9 Å². The number of aromatic amines is 1. The molecular weight excluding hydrogens is 378 g/mol. The van der Waals surface area contributed by atoms with Crippen molar-refractivity contribution in [3.63, 3.8) is 0 Å². The van der Waals surface area contributed by atoms with Crippen LogP contribution in [-0.4, -0.2) is 56.1 Å². The highest BCUT2D eigenvalue weighted by atomic mass is 35.5. The van der Waals surface area contributed by atoms with E-state index in [1.54, 1.807) is 23.1 Å². The first-order valence-corrected chi connectivity index (χ1v) is 9.58. The summed E-state index contributed by atoms with van der Waals surface area (Å²) in [6, 6.07) is 7.62. The Hall–Kier alpha value is -2.71. The lowest BCUT2D eigenvalue weighted by atomic mass is 10.1. The molecule has 0 spiro atoms. The van der Waals surface area contributed by atoms with Gasteiger partial charge in [-0.05, 0) is 39.0 Å². The first-order chi connectivity index (χ1) is 13.4. The first kappa shape index (κ1) is 18.6. The summed E-state index contributed by atoms with van der Waals surface area (Å²) in [6.07, 6.45) is 0. The van der Waals surface area contributed by atoms with Crippen LogP contribution in [0.15, 0.2) is 24.3 Å². The molecule has 1 saturated heterocycles. The maximum Gasteiger partial charge on any atom is 0.291 e. The number of fused-ring (bicyclic) bond motifs is 1. The lowest BCUT2D eigenvalue weighted by Crippen LogP contribution is -2.56. The van der Waals surface area contributed by atoms with Crippen LogP contribution >= 0.6 is 11.6 Å². The van der Waals surface area contributed by atoms with Crippen LogP contribution in [-0.2, 0) is 0 Å². The van der Waals surface area contributed by atoms with Gasteiger partial charge >= 0.3 is 0 Å². The second-order valence-corrected chi connectivity index (χ2v) is 7.73. The van der Waals surface area contributed by atoms with E-state index in [0.717, 1.165) is 11.1 Å². The quantitative estimate of drug-likeness (QED) is 0.626. The van der Waals surface area contributed by atoms with Crippen LogP contribution in [0.3, 0.4) is 0 Å². The van der Waals surface area contributed by atoms with E-state index in [2.05, 4.69) is 44.6 Å². The number of carbonyl (C=O) groups excluding carboxylic acids is 1. The molecule has 0 radical (unpaired) electrons. The van der Waals surface area contributed by atoms with Crippen LogP contribution in [0.1, 0.15) is 30.2 Å². The van der Waals surface area contributed by atoms with Crippen molar-refractivity contribution >= 4 is 40.0 Å². The molecule has 0 saturated carbocycles. The molecule has 8 nitrogen and oxygen atoms in total. The van der Waals surface area contributed by atoms with Crippen LogP contribution in [0, 0.1) is 6.92 Å². The molecule has 1 amide bonds. The number of aryl methyl sites for hydroxylation is 1. The summed E-state index contributed by atoms with van der Waals surface area (Å²) in [4.78, 5) is 23.9. The van der Waals surface area contributed by atoms with Crippen molar-refractivity contribution in [2.45, 2.75) is 32.9 Å². The van der Waals surface area contributed by atoms with Gasteiger partial charge in [0.2, 0.25) is 5.82 Å². The molecule has 146 valence electrons. The van der Waals surface area contributed by atoms with E-state index in [4.69, 9.17) is 11.6 Å². The fourth-order valence-electron chi connectivity index (χ4n) is 3.53. The number of benzene rings is 1. The number of piperazine rings is 1. The molecule has 3 N–H and O–H groups in total. The van der Waals surface area contributed by atoms with Gasteiger partial charge in [0.25, 0.3) is 5.91 Å². The minimum Gasteiger partial charge on any atom is -0.333 e. The van der Waals surface area contributed by atoms with Crippen molar-refractivity contribution in [1.29, 1.82) is 0 Å². The third-order valence-electron chi connectivity index (χ3n) is 4.65. The van der Waals surface area contributed by atoms with Gasteiger partial charge in [0.15, 0.2) is 5.82 Å². The van der Waals surface area contributed by atoms with Crippen LogP contribution in [0.4, 0.5) is 11.6 Å². The highest BCUT2D eigenvalue weighted by molar-refractivity contribution is 6.31. The largest absolute Gasteiger partial charge is 0.333 e. The monoisotopic (exact) mass is 399 g/mol. The number of anilines is 2. The van der Waals surface area contributed by atoms with Crippen molar-refractivity contribution in [2.24, 2.45) is 0 Å². The Labute approximate surface area is 167 Å². The topological polar surface area (TPSA) is 98.8 Å². The molecule has 1 aliphatic heterocycles. The van der Waals surface area contributed by atoms with E-state index >= 15 is 0 Å². The molecule has 1 aromatic carbocycles. The average Bonchev–Trinajstić information content (AvgIpc) is 3.05. The third-order valence-corrected chi connectivity index (χ3v) is 4.88. The molecule has 3 aromatic rings. The molecule has 9 heteroatoms. The number of nitrogens with zero attached hydrogens (tertiary/aromatic N) is 4. The molecule has 0 aliphatic carbocycles. The number of hydrogen-bond acceptors (Lipinski definition) is 6. The maximum atomic E-state index is 13.1. The zero-order valence-corrected chi connectivity index (χ0v) is 16.7. The molecule has 1 aliphatic rings. The fourth-order valence-corrected chi connectivity index (χ4v) is 3.70. The summed E-state index contributed by atoms with van der Waals surface area (Å²) in [7, 11) is 0. The summed E-state index contributed by atoms with van der Waals surface area (Å²) in [5.41, 5.74) is 1.56. The van der Waals surface area contributed by atoms with E-state index in [9.17, 15) is 4.79 Å². The number of carbonyl (C=O) groups is 1. The van der Waals surface area contributed by atoms with Gasteiger partial charge in [-0.1, -0.05) is 11.6 Å². The fraction of sp³-hybridized carbons (Fsp3) is 0.368. The molecule has 2 unspecified atom stereocenters. The van der Waals surface area contributed by atoms with E-state index in [1.165, 1.54) is 0 Å². The van der Waals surface area contributed by atoms with Gasteiger partial charge in [0.1, 0.15) is 5.82 Å². The second-order valence-electron chi connectivity index (χ2n) is 7.30. The third kappa shape index (κ3) is 3.79. The van der Waals surface area contributed by atoms with Crippen molar-refractivity contribution in [2.75, 3.05) is 18.4 Å². The minimum absolute atomic E-state index is 0.158. The molecule has 0 bridgehead atoms.